The van der Waals surface area contributed by atoms with E-state index in [1.54, 1.807) is 0 Å². The zero-order chi connectivity index (χ0) is 13.3. The third-order valence-electron chi connectivity index (χ3n) is 5.87. The molecule has 2 aliphatic heterocycles. The number of rotatable bonds is 3. The largest absolute Gasteiger partial charge is 0.370 e. The predicted molar refractivity (Wildman–Crippen MR) is 78.1 cm³/mol. The fourth-order valence-corrected chi connectivity index (χ4v) is 4.18. The minimum absolute atomic E-state index is 0.298. The molecule has 0 radical (unpaired) electrons. The molecule has 1 aliphatic carbocycles. The van der Waals surface area contributed by atoms with E-state index in [2.05, 4.69) is 11.8 Å². The van der Waals surface area contributed by atoms with Crippen LogP contribution >= 0.6 is 0 Å². The molecule has 0 bridgehead atoms. The molecule has 3 heteroatoms. The number of likely N-dealkylation sites (tertiary alicyclic amines) is 1. The second-order valence-electron chi connectivity index (χ2n) is 7.48. The fraction of sp³-hybridized carbons (Fsp3) is 1.00. The average Bonchev–Trinajstić information content (AvgIpc) is 3.04. The van der Waals surface area contributed by atoms with E-state index in [0.29, 0.717) is 17.1 Å². The van der Waals surface area contributed by atoms with Crippen LogP contribution in [0.15, 0.2) is 0 Å². The van der Waals surface area contributed by atoms with Crippen molar-refractivity contribution >= 4 is 0 Å². The maximum Gasteiger partial charge on any atom is 0.0710 e. The number of hydrogen-bond acceptors (Lipinski definition) is 3. The highest BCUT2D eigenvalue weighted by Crippen LogP contribution is 2.43. The van der Waals surface area contributed by atoms with Gasteiger partial charge in [-0.2, -0.15) is 0 Å². The summed E-state index contributed by atoms with van der Waals surface area (Å²) in [6.45, 7) is 6.75. The van der Waals surface area contributed by atoms with Crippen LogP contribution in [0.3, 0.4) is 0 Å². The lowest BCUT2D eigenvalue weighted by Crippen LogP contribution is -2.45. The Morgan fingerprint density at radius 3 is 2.42 bits per heavy atom. The normalized spacial score (nSPS) is 34.1. The summed E-state index contributed by atoms with van der Waals surface area (Å²) in [4.78, 5) is 2.61. The molecule has 1 saturated carbocycles. The van der Waals surface area contributed by atoms with Crippen molar-refractivity contribution in [1.29, 1.82) is 0 Å². The van der Waals surface area contributed by atoms with E-state index in [9.17, 15) is 0 Å². The first-order valence-electron chi connectivity index (χ1n) is 8.23. The summed E-state index contributed by atoms with van der Waals surface area (Å²) >= 11 is 0. The molecule has 2 heterocycles. The number of piperidine rings is 1. The molecule has 3 nitrogen and oxygen atoms in total. The van der Waals surface area contributed by atoms with Crippen LogP contribution in [0.5, 0.6) is 0 Å². The first-order valence-corrected chi connectivity index (χ1v) is 8.23. The number of ether oxygens (including phenoxy) is 1. The standard InChI is InChI=1S/C16H30N2O/c1-15(13-17)8-10-18(11-9-15)12-14-4-7-16(19-14)5-2-3-6-16/h14H,2-13,17H2,1H3. The summed E-state index contributed by atoms with van der Waals surface area (Å²) < 4.78 is 6.42. The zero-order valence-electron chi connectivity index (χ0n) is 12.5. The van der Waals surface area contributed by atoms with Gasteiger partial charge < -0.3 is 15.4 Å². The Balaban J connectivity index is 1.46. The number of hydrogen-bond donors (Lipinski definition) is 1. The third kappa shape index (κ3) is 2.98. The Hall–Kier alpha value is -0.120. The van der Waals surface area contributed by atoms with Gasteiger partial charge in [-0.15, -0.1) is 0 Å². The summed E-state index contributed by atoms with van der Waals surface area (Å²) in [5.41, 5.74) is 6.57. The Morgan fingerprint density at radius 2 is 1.79 bits per heavy atom. The zero-order valence-corrected chi connectivity index (χ0v) is 12.5. The highest BCUT2D eigenvalue weighted by atomic mass is 16.5. The Labute approximate surface area is 117 Å². The summed E-state index contributed by atoms with van der Waals surface area (Å²) in [5, 5.41) is 0. The van der Waals surface area contributed by atoms with Crippen LogP contribution in [0.2, 0.25) is 0 Å². The van der Waals surface area contributed by atoms with Gasteiger partial charge >= 0.3 is 0 Å². The lowest BCUT2D eigenvalue weighted by molar-refractivity contribution is -0.0518. The molecule has 2 saturated heterocycles. The molecule has 0 aromatic heterocycles. The summed E-state index contributed by atoms with van der Waals surface area (Å²) in [7, 11) is 0. The molecule has 3 fully saturated rings. The molecule has 0 aromatic carbocycles. The third-order valence-corrected chi connectivity index (χ3v) is 5.87. The monoisotopic (exact) mass is 266 g/mol. The van der Waals surface area contributed by atoms with Crippen molar-refractivity contribution in [2.45, 2.75) is 70.0 Å². The molecule has 3 aliphatic rings. The van der Waals surface area contributed by atoms with Crippen LogP contribution in [-0.2, 0) is 4.74 Å². The minimum atomic E-state index is 0.298. The maximum absolute atomic E-state index is 6.42. The van der Waals surface area contributed by atoms with Crippen molar-refractivity contribution < 1.29 is 4.74 Å². The SMILES string of the molecule is CC1(CN)CCN(CC2CCC3(CCCC3)O2)CC1. The number of nitrogens with zero attached hydrogens (tertiary/aromatic N) is 1. The van der Waals surface area contributed by atoms with E-state index in [4.69, 9.17) is 10.5 Å². The smallest absolute Gasteiger partial charge is 0.0710 e. The van der Waals surface area contributed by atoms with E-state index in [-0.39, 0.29) is 0 Å². The van der Waals surface area contributed by atoms with Gasteiger partial charge in [0, 0.05) is 6.54 Å². The van der Waals surface area contributed by atoms with Gasteiger partial charge in [0.2, 0.25) is 0 Å². The van der Waals surface area contributed by atoms with Gasteiger partial charge in [0.05, 0.1) is 11.7 Å². The molecule has 1 spiro atoms. The summed E-state index contributed by atoms with van der Waals surface area (Å²) in [5.74, 6) is 0. The summed E-state index contributed by atoms with van der Waals surface area (Å²) in [6.07, 6.45) is 11.0. The van der Waals surface area contributed by atoms with Gasteiger partial charge in [-0.1, -0.05) is 19.8 Å². The predicted octanol–water partition coefficient (Wildman–Crippen LogP) is 2.54. The first kappa shape index (κ1) is 13.8. The average molecular weight is 266 g/mol. The van der Waals surface area contributed by atoms with E-state index in [1.165, 1.54) is 64.5 Å². The number of nitrogens with two attached hydrogens (primary N) is 1. The highest BCUT2D eigenvalue weighted by Gasteiger charge is 2.42. The maximum atomic E-state index is 6.42. The molecule has 3 rings (SSSR count). The quantitative estimate of drug-likeness (QED) is 0.853. The van der Waals surface area contributed by atoms with E-state index in [1.807, 2.05) is 0 Å². The molecule has 0 aromatic rings. The molecule has 2 N–H and O–H groups in total. The second kappa shape index (κ2) is 5.34. The topological polar surface area (TPSA) is 38.5 Å². The van der Waals surface area contributed by atoms with E-state index in [0.717, 1.165) is 13.1 Å². The Morgan fingerprint density at radius 1 is 1.11 bits per heavy atom. The van der Waals surface area contributed by atoms with Crippen LogP contribution in [0, 0.1) is 5.41 Å². The van der Waals surface area contributed by atoms with Crippen LogP contribution < -0.4 is 5.73 Å². The van der Waals surface area contributed by atoms with Gasteiger partial charge in [0.15, 0.2) is 0 Å². The van der Waals surface area contributed by atoms with Gasteiger partial charge in [0.25, 0.3) is 0 Å². The van der Waals surface area contributed by atoms with Crippen molar-refractivity contribution in [2.75, 3.05) is 26.2 Å². The van der Waals surface area contributed by atoms with Gasteiger partial charge in [-0.05, 0) is 63.6 Å². The lowest BCUT2D eigenvalue weighted by Gasteiger charge is -2.39. The Bertz CT molecular complexity index is 304. The van der Waals surface area contributed by atoms with E-state index >= 15 is 0 Å². The van der Waals surface area contributed by atoms with Gasteiger partial charge in [-0.3, -0.25) is 0 Å². The van der Waals surface area contributed by atoms with Crippen molar-refractivity contribution in [1.82, 2.24) is 4.90 Å². The molecular weight excluding hydrogens is 236 g/mol. The summed E-state index contributed by atoms with van der Waals surface area (Å²) in [6, 6.07) is 0. The van der Waals surface area contributed by atoms with Crippen LogP contribution in [0.4, 0.5) is 0 Å². The van der Waals surface area contributed by atoms with Crippen molar-refractivity contribution in [3.8, 4) is 0 Å². The molecular formula is C16H30N2O. The van der Waals surface area contributed by atoms with Crippen LogP contribution in [-0.4, -0.2) is 42.8 Å². The van der Waals surface area contributed by atoms with Gasteiger partial charge in [0.1, 0.15) is 0 Å². The highest BCUT2D eigenvalue weighted by molar-refractivity contribution is 4.94. The van der Waals surface area contributed by atoms with Crippen LogP contribution in [0.25, 0.3) is 0 Å². The van der Waals surface area contributed by atoms with Crippen molar-refractivity contribution in [3.63, 3.8) is 0 Å². The molecule has 1 atom stereocenters. The fourth-order valence-electron chi connectivity index (χ4n) is 4.18. The lowest BCUT2D eigenvalue weighted by atomic mass is 9.80. The first-order chi connectivity index (χ1) is 9.13. The molecule has 0 amide bonds. The van der Waals surface area contributed by atoms with Crippen molar-refractivity contribution in [2.24, 2.45) is 11.1 Å². The molecule has 1 unspecified atom stereocenters. The van der Waals surface area contributed by atoms with E-state index < -0.39 is 0 Å². The second-order valence-corrected chi connectivity index (χ2v) is 7.48. The van der Waals surface area contributed by atoms with Crippen LogP contribution in [0.1, 0.15) is 58.3 Å². The molecule has 110 valence electrons. The van der Waals surface area contributed by atoms with Gasteiger partial charge in [-0.25, -0.2) is 0 Å². The minimum Gasteiger partial charge on any atom is -0.370 e. The van der Waals surface area contributed by atoms with Crippen molar-refractivity contribution in [3.05, 3.63) is 0 Å². The molecule has 19 heavy (non-hydrogen) atoms. The Kier molecular flexibility index (Phi) is 3.89.